The summed E-state index contributed by atoms with van der Waals surface area (Å²) in [7, 11) is -3.93. The summed E-state index contributed by atoms with van der Waals surface area (Å²) < 4.78 is 31.9. The van der Waals surface area contributed by atoms with Crippen LogP contribution in [0.1, 0.15) is 32.6 Å². The van der Waals surface area contributed by atoms with Crippen LogP contribution in [0, 0.1) is 5.92 Å². The highest BCUT2D eigenvalue weighted by atomic mass is 32.2. The van der Waals surface area contributed by atoms with Gasteiger partial charge in [0, 0.05) is 12.6 Å². The van der Waals surface area contributed by atoms with Gasteiger partial charge in [-0.1, -0.05) is 12.8 Å². The maximum absolute atomic E-state index is 11.6. The summed E-state index contributed by atoms with van der Waals surface area (Å²) in [6.45, 7) is 1.62. The van der Waals surface area contributed by atoms with Crippen molar-refractivity contribution in [3.8, 4) is 0 Å². The molecule has 0 aromatic rings. The molecule has 0 radical (unpaired) electrons. The van der Waals surface area contributed by atoms with Crippen molar-refractivity contribution in [1.82, 2.24) is 9.44 Å². The van der Waals surface area contributed by atoms with Gasteiger partial charge < -0.3 is 9.84 Å². The number of carbonyl (C=O) groups is 1. The predicted octanol–water partition coefficient (Wildman–Crippen LogP) is 0.118. The highest BCUT2D eigenvalue weighted by Crippen LogP contribution is 2.24. The van der Waals surface area contributed by atoms with E-state index < -0.39 is 16.3 Å². The minimum atomic E-state index is -3.93. The van der Waals surface area contributed by atoms with E-state index in [1.54, 1.807) is 11.6 Å². The Balaban J connectivity index is 2.55. The van der Waals surface area contributed by atoms with Crippen LogP contribution in [-0.4, -0.2) is 38.9 Å². The molecule has 18 heavy (non-hydrogen) atoms. The molecule has 0 aliphatic heterocycles. The standard InChI is InChI=1S/C10H20N2O5S/c1-2-17-10(14)12-18(15,16)11-9-6-4-3-5-8(9)7-13/h8-9,11,13H,2-7H2,1H3,(H,12,14). The second-order valence-electron chi connectivity index (χ2n) is 4.28. The maximum Gasteiger partial charge on any atom is 0.421 e. The number of hydrogen-bond acceptors (Lipinski definition) is 5. The summed E-state index contributed by atoms with van der Waals surface area (Å²) in [5.41, 5.74) is 0. The van der Waals surface area contributed by atoms with E-state index in [0.29, 0.717) is 6.42 Å². The third kappa shape index (κ3) is 4.79. The summed E-state index contributed by atoms with van der Waals surface area (Å²) in [6.07, 6.45) is 2.33. The SMILES string of the molecule is CCOC(=O)NS(=O)(=O)NC1CCCCC1CO. The summed E-state index contributed by atoms with van der Waals surface area (Å²) in [6, 6.07) is -0.337. The smallest absolute Gasteiger partial charge is 0.421 e. The number of rotatable bonds is 5. The van der Waals surface area contributed by atoms with E-state index in [0.717, 1.165) is 19.3 Å². The molecular formula is C10H20N2O5S. The van der Waals surface area contributed by atoms with Gasteiger partial charge >= 0.3 is 16.3 Å². The molecule has 0 saturated heterocycles. The van der Waals surface area contributed by atoms with Crippen molar-refractivity contribution in [1.29, 1.82) is 0 Å². The van der Waals surface area contributed by atoms with Crippen molar-refractivity contribution in [2.45, 2.75) is 38.6 Å². The van der Waals surface area contributed by atoms with E-state index in [9.17, 15) is 18.3 Å². The minimum absolute atomic E-state index is 0.0629. The first-order valence-electron chi connectivity index (χ1n) is 6.06. The summed E-state index contributed by atoms with van der Waals surface area (Å²) in [4.78, 5) is 11.0. The van der Waals surface area contributed by atoms with E-state index in [1.165, 1.54) is 0 Å². The molecule has 0 spiro atoms. The second-order valence-corrected chi connectivity index (χ2v) is 5.72. The number of aliphatic hydroxyl groups is 1. The normalized spacial score (nSPS) is 24.6. The summed E-state index contributed by atoms with van der Waals surface area (Å²) >= 11 is 0. The molecule has 0 bridgehead atoms. The highest BCUT2D eigenvalue weighted by Gasteiger charge is 2.29. The molecular weight excluding hydrogens is 260 g/mol. The zero-order valence-electron chi connectivity index (χ0n) is 10.4. The fraction of sp³-hybridized carbons (Fsp3) is 0.900. The molecule has 8 heteroatoms. The lowest BCUT2D eigenvalue weighted by molar-refractivity contribution is 0.157. The van der Waals surface area contributed by atoms with Gasteiger partial charge in [-0.3, -0.25) is 0 Å². The van der Waals surface area contributed by atoms with Gasteiger partial charge in [-0.15, -0.1) is 0 Å². The average Bonchev–Trinajstić information content (AvgIpc) is 2.28. The summed E-state index contributed by atoms with van der Waals surface area (Å²) in [5, 5.41) is 9.18. The van der Waals surface area contributed by atoms with Crippen LogP contribution in [0.3, 0.4) is 0 Å². The van der Waals surface area contributed by atoms with Crippen LogP contribution in [0.5, 0.6) is 0 Å². The monoisotopic (exact) mass is 280 g/mol. The topological polar surface area (TPSA) is 105 Å². The van der Waals surface area contributed by atoms with Gasteiger partial charge in [-0.2, -0.15) is 13.1 Å². The maximum atomic E-state index is 11.6. The molecule has 1 fully saturated rings. The molecule has 7 nitrogen and oxygen atoms in total. The van der Waals surface area contributed by atoms with Gasteiger partial charge in [0.15, 0.2) is 0 Å². The number of aliphatic hydroxyl groups excluding tert-OH is 1. The third-order valence-electron chi connectivity index (χ3n) is 2.94. The minimum Gasteiger partial charge on any atom is -0.449 e. The van der Waals surface area contributed by atoms with E-state index in [4.69, 9.17) is 0 Å². The molecule has 0 heterocycles. The zero-order chi connectivity index (χ0) is 13.6. The van der Waals surface area contributed by atoms with Gasteiger partial charge in [-0.05, 0) is 25.7 Å². The van der Waals surface area contributed by atoms with Crippen LogP contribution in [0.2, 0.25) is 0 Å². The Morgan fingerprint density at radius 2 is 2.06 bits per heavy atom. The lowest BCUT2D eigenvalue weighted by Gasteiger charge is -2.30. The van der Waals surface area contributed by atoms with Crippen molar-refractivity contribution >= 4 is 16.3 Å². The van der Waals surface area contributed by atoms with Crippen molar-refractivity contribution < 1.29 is 23.1 Å². The molecule has 1 amide bonds. The average molecular weight is 280 g/mol. The molecule has 1 saturated carbocycles. The number of amides is 1. The molecule has 2 unspecified atom stereocenters. The van der Waals surface area contributed by atoms with E-state index >= 15 is 0 Å². The van der Waals surface area contributed by atoms with Crippen molar-refractivity contribution in [2.24, 2.45) is 5.92 Å². The number of nitrogens with one attached hydrogen (secondary N) is 2. The Hall–Kier alpha value is -0.860. The van der Waals surface area contributed by atoms with Gasteiger partial charge in [-0.25, -0.2) is 9.52 Å². The Labute approximate surface area is 107 Å². The van der Waals surface area contributed by atoms with Crippen LogP contribution in [0.15, 0.2) is 0 Å². The van der Waals surface area contributed by atoms with Crippen molar-refractivity contribution in [3.05, 3.63) is 0 Å². The van der Waals surface area contributed by atoms with Crippen LogP contribution >= 0.6 is 0 Å². The molecule has 0 aromatic heterocycles. The quantitative estimate of drug-likeness (QED) is 0.663. The third-order valence-corrected chi connectivity index (χ3v) is 3.99. The molecule has 106 valence electrons. The fourth-order valence-electron chi connectivity index (χ4n) is 2.08. The molecule has 3 N–H and O–H groups in total. The first-order valence-corrected chi connectivity index (χ1v) is 7.54. The molecule has 1 aliphatic carbocycles. The molecule has 2 atom stereocenters. The van der Waals surface area contributed by atoms with Crippen molar-refractivity contribution in [3.63, 3.8) is 0 Å². The molecule has 1 aliphatic rings. The Kier molecular flexibility index (Phi) is 5.83. The molecule has 1 rings (SSSR count). The molecule has 0 aromatic carbocycles. The largest absolute Gasteiger partial charge is 0.449 e. The predicted molar refractivity (Wildman–Crippen MR) is 65.0 cm³/mol. The lowest BCUT2D eigenvalue weighted by Crippen LogP contribution is -2.49. The van der Waals surface area contributed by atoms with E-state index in [2.05, 4.69) is 9.46 Å². The number of hydrogen-bond donors (Lipinski definition) is 3. The van der Waals surface area contributed by atoms with Crippen LogP contribution in [0.25, 0.3) is 0 Å². The van der Waals surface area contributed by atoms with E-state index in [-0.39, 0.29) is 25.2 Å². The summed E-state index contributed by atoms with van der Waals surface area (Å²) in [5.74, 6) is -0.0995. The second kappa shape index (κ2) is 6.91. The Morgan fingerprint density at radius 1 is 1.39 bits per heavy atom. The lowest BCUT2D eigenvalue weighted by atomic mass is 9.86. The van der Waals surface area contributed by atoms with Crippen LogP contribution in [0.4, 0.5) is 4.79 Å². The van der Waals surface area contributed by atoms with E-state index in [1.807, 2.05) is 0 Å². The van der Waals surface area contributed by atoms with Gasteiger partial charge in [0.25, 0.3) is 0 Å². The van der Waals surface area contributed by atoms with Gasteiger partial charge in [0.1, 0.15) is 0 Å². The Morgan fingerprint density at radius 3 is 2.67 bits per heavy atom. The first kappa shape index (κ1) is 15.2. The highest BCUT2D eigenvalue weighted by molar-refractivity contribution is 7.88. The van der Waals surface area contributed by atoms with Crippen molar-refractivity contribution in [2.75, 3.05) is 13.2 Å². The van der Waals surface area contributed by atoms with Crippen LogP contribution in [-0.2, 0) is 14.9 Å². The zero-order valence-corrected chi connectivity index (χ0v) is 11.2. The van der Waals surface area contributed by atoms with Gasteiger partial charge in [0.2, 0.25) is 0 Å². The fourth-order valence-corrected chi connectivity index (χ4v) is 3.13. The Bertz CT molecular complexity index is 370. The van der Waals surface area contributed by atoms with Gasteiger partial charge in [0.05, 0.1) is 6.61 Å². The van der Waals surface area contributed by atoms with Crippen LogP contribution < -0.4 is 9.44 Å². The number of carbonyl (C=O) groups excluding carboxylic acids is 1. The first-order chi connectivity index (χ1) is 8.48. The number of ether oxygens (including phenoxy) is 1.